The van der Waals surface area contributed by atoms with Crippen LogP contribution in [0.2, 0.25) is 0 Å². The number of rotatable bonds is 4. The molecule has 0 spiro atoms. The van der Waals surface area contributed by atoms with Gasteiger partial charge in [0, 0.05) is 0 Å². The topological polar surface area (TPSA) is 44.1 Å². The van der Waals surface area contributed by atoms with Crippen molar-refractivity contribution < 1.29 is 9.53 Å². The van der Waals surface area contributed by atoms with Crippen molar-refractivity contribution in [3.8, 4) is 0 Å². The van der Waals surface area contributed by atoms with E-state index in [1.54, 1.807) is 6.92 Å². The summed E-state index contributed by atoms with van der Waals surface area (Å²) in [4.78, 5) is 16.6. The van der Waals surface area contributed by atoms with Gasteiger partial charge in [-0.1, -0.05) is 6.07 Å². The highest BCUT2D eigenvalue weighted by molar-refractivity contribution is 6.20. The van der Waals surface area contributed by atoms with E-state index in [0.717, 1.165) is 16.6 Å². The van der Waals surface area contributed by atoms with Crippen LogP contribution < -0.4 is 0 Å². The second-order valence-corrected chi connectivity index (χ2v) is 5.53. The van der Waals surface area contributed by atoms with E-state index in [1.807, 2.05) is 43.5 Å². The minimum absolute atomic E-state index is 0.271. The number of imidazole rings is 1. The summed E-state index contributed by atoms with van der Waals surface area (Å²) in [6, 6.07) is 5.51. The van der Waals surface area contributed by atoms with Crippen molar-refractivity contribution in [3.05, 3.63) is 29.6 Å². The van der Waals surface area contributed by atoms with Gasteiger partial charge >= 0.3 is 5.97 Å². The van der Waals surface area contributed by atoms with Crippen molar-refractivity contribution in [1.82, 2.24) is 9.55 Å². The van der Waals surface area contributed by atoms with Crippen molar-refractivity contribution in [2.75, 3.05) is 6.61 Å². The number of ether oxygens (including phenoxy) is 1. The van der Waals surface area contributed by atoms with Crippen LogP contribution in [0, 0.1) is 6.92 Å². The monoisotopic (exact) mass is 294 g/mol. The minimum Gasteiger partial charge on any atom is -0.464 e. The lowest BCUT2D eigenvalue weighted by Gasteiger charge is -2.17. The molecule has 0 saturated carbocycles. The molecule has 2 aromatic rings. The molecule has 4 nitrogen and oxygen atoms in total. The number of hydrogen-bond acceptors (Lipinski definition) is 3. The number of hydrogen-bond donors (Lipinski definition) is 0. The van der Waals surface area contributed by atoms with Crippen molar-refractivity contribution in [2.45, 2.75) is 39.1 Å². The quantitative estimate of drug-likeness (QED) is 0.637. The molecule has 2 atom stereocenters. The maximum Gasteiger partial charge on any atom is 0.328 e. The molecule has 1 aromatic heterocycles. The number of alkyl halides is 1. The number of aryl methyl sites for hydroxylation is 1. The Labute approximate surface area is 123 Å². The van der Waals surface area contributed by atoms with Crippen LogP contribution in [-0.2, 0) is 9.53 Å². The molecule has 0 N–H and O–H groups in total. The fourth-order valence-electron chi connectivity index (χ4n) is 2.28. The Kier molecular flexibility index (Phi) is 4.33. The summed E-state index contributed by atoms with van der Waals surface area (Å²) in [5.41, 5.74) is 2.87. The smallest absolute Gasteiger partial charge is 0.328 e. The number of aromatic nitrogens is 2. The first kappa shape index (κ1) is 14.9. The Balaban J connectivity index is 2.61. The van der Waals surface area contributed by atoms with Crippen LogP contribution in [0.4, 0.5) is 0 Å². The SMILES string of the molecule is CCOC(=O)C(C)n1c(C(C)Cl)nc2ccc(C)cc21. The van der Waals surface area contributed by atoms with Crippen molar-refractivity contribution in [1.29, 1.82) is 0 Å². The van der Waals surface area contributed by atoms with Crippen LogP contribution in [0.15, 0.2) is 18.2 Å². The second kappa shape index (κ2) is 5.83. The van der Waals surface area contributed by atoms with Crippen LogP contribution in [0.25, 0.3) is 11.0 Å². The molecule has 1 heterocycles. The molecular weight excluding hydrogens is 276 g/mol. The zero-order valence-electron chi connectivity index (χ0n) is 12.2. The van der Waals surface area contributed by atoms with Gasteiger partial charge in [-0.25, -0.2) is 9.78 Å². The first-order valence-electron chi connectivity index (χ1n) is 6.74. The molecule has 0 fully saturated rings. The van der Waals surface area contributed by atoms with Crippen LogP contribution in [0.1, 0.15) is 43.6 Å². The van der Waals surface area contributed by atoms with Gasteiger partial charge in [-0.15, -0.1) is 11.6 Å². The number of benzene rings is 1. The summed E-state index contributed by atoms with van der Waals surface area (Å²) >= 11 is 6.21. The van der Waals surface area contributed by atoms with Gasteiger partial charge in [0.1, 0.15) is 11.9 Å². The summed E-state index contributed by atoms with van der Waals surface area (Å²) in [6.45, 7) is 7.83. The third kappa shape index (κ3) is 2.66. The molecule has 5 heteroatoms. The average molecular weight is 295 g/mol. The molecule has 0 aliphatic heterocycles. The van der Waals surface area contributed by atoms with Gasteiger partial charge in [0.2, 0.25) is 0 Å². The van der Waals surface area contributed by atoms with Crippen LogP contribution in [0.5, 0.6) is 0 Å². The Morgan fingerprint density at radius 2 is 2.15 bits per heavy atom. The standard InChI is InChI=1S/C15H19ClN2O2/c1-5-20-15(19)11(4)18-13-8-9(2)6-7-12(13)17-14(18)10(3)16/h6-8,10-11H,5H2,1-4H3. The summed E-state index contributed by atoms with van der Waals surface area (Å²) in [6.07, 6.45) is 0. The molecule has 2 rings (SSSR count). The molecule has 108 valence electrons. The van der Waals surface area contributed by atoms with E-state index in [-0.39, 0.29) is 11.3 Å². The molecule has 0 saturated heterocycles. The second-order valence-electron chi connectivity index (χ2n) is 4.88. The van der Waals surface area contributed by atoms with Crippen molar-refractivity contribution in [3.63, 3.8) is 0 Å². The van der Waals surface area contributed by atoms with Gasteiger partial charge in [0.15, 0.2) is 0 Å². The first-order chi connectivity index (χ1) is 9.45. The maximum atomic E-state index is 12.0. The van der Waals surface area contributed by atoms with Gasteiger partial charge < -0.3 is 9.30 Å². The lowest BCUT2D eigenvalue weighted by Crippen LogP contribution is -2.21. The van der Waals surface area contributed by atoms with E-state index in [1.165, 1.54) is 0 Å². The van der Waals surface area contributed by atoms with E-state index >= 15 is 0 Å². The third-order valence-corrected chi connectivity index (χ3v) is 3.44. The number of fused-ring (bicyclic) bond motifs is 1. The van der Waals surface area contributed by atoms with Gasteiger partial charge in [-0.05, 0) is 45.4 Å². The predicted molar refractivity (Wildman–Crippen MR) is 80.1 cm³/mol. The van der Waals surface area contributed by atoms with E-state index in [2.05, 4.69) is 4.98 Å². The Morgan fingerprint density at radius 3 is 2.75 bits per heavy atom. The summed E-state index contributed by atoms with van der Waals surface area (Å²) < 4.78 is 6.98. The highest BCUT2D eigenvalue weighted by atomic mass is 35.5. The molecule has 0 bridgehead atoms. The maximum absolute atomic E-state index is 12.0. The van der Waals surface area contributed by atoms with E-state index in [9.17, 15) is 4.79 Å². The molecule has 1 aromatic carbocycles. The molecule has 0 aliphatic rings. The average Bonchev–Trinajstić information content (AvgIpc) is 2.76. The van der Waals surface area contributed by atoms with Crippen LogP contribution in [0.3, 0.4) is 0 Å². The van der Waals surface area contributed by atoms with Crippen molar-refractivity contribution in [2.24, 2.45) is 0 Å². The number of carbonyl (C=O) groups is 1. The number of esters is 1. The summed E-state index contributed by atoms with van der Waals surface area (Å²) in [5.74, 6) is 0.416. The largest absolute Gasteiger partial charge is 0.464 e. The van der Waals surface area contributed by atoms with Gasteiger partial charge in [0.25, 0.3) is 0 Å². The van der Waals surface area contributed by atoms with E-state index < -0.39 is 6.04 Å². The van der Waals surface area contributed by atoms with Crippen LogP contribution in [-0.4, -0.2) is 22.1 Å². The van der Waals surface area contributed by atoms with Gasteiger partial charge in [-0.2, -0.15) is 0 Å². The highest BCUT2D eigenvalue weighted by Crippen LogP contribution is 2.29. The normalized spacial score (nSPS) is 14.2. The third-order valence-electron chi connectivity index (χ3n) is 3.24. The van der Waals surface area contributed by atoms with Crippen LogP contribution >= 0.6 is 11.6 Å². The molecular formula is C15H19ClN2O2. The fraction of sp³-hybridized carbons (Fsp3) is 0.467. The lowest BCUT2D eigenvalue weighted by atomic mass is 10.2. The molecule has 2 unspecified atom stereocenters. The number of carbonyl (C=O) groups excluding carboxylic acids is 1. The number of nitrogens with zero attached hydrogens (tertiary/aromatic N) is 2. The Hall–Kier alpha value is -1.55. The van der Waals surface area contributed by atoms with Gasteiger partial charge in [-0.3, -0.25) is 0 Å². The number of halogens is 1. The zero-order valence-corrected chi connectivity index (χ0v) is 12.9. The Morgan fingerprint density at radius 1 is 1.45 bits per heavy atom. The molecule has 0 amide bonds. The van der Waals surface area contributed by atoms with Gasteiger partial charge in [0.05, 0.1) is 23.0 Å². The van der Waals surface area contributed by atoms with E-state index in [4.69, 9.17) is 16.3 Å². The highest BCUT2D eigenvalue weighted by Gasteiger charge is 2.24. The van der Waals surface area contributed by atoms with E-state index in [0.29, 0.717) is 12.4 Å². The fourth-order valence-corrected chi connectivity index (χ4v) is 2.43. The molecule has 0 aliphatic carbocycles. The molecule has 20 heavy (non-hydrogen) atoms. The predicted octanol–water partition coefficient (Wildman–Crippen LogP) is 3.77. The lowest BCUT2D eigenvalue weighted by molar-refractivity contribution is -0.146. The minimum atomic E-state index is -0.446. The first-order valence-corrected chi connectivity index (χ1v) is 7.18. The Bertz CT molecular complexity index is 634. The van der Waals surface area contributed by atoms with Crippen molar-refractivity contribution >= 4 is 28.6 Å². The summed E-state index contributed by atoms with van der Waals surface area (Å²) in [7, 11) is 0. The summed E-state index contributed by atoms with van der Waals surface area (Å²) in [5, 5.41) is -0.278. The molecule has 0 radical (unpaired) electrons. The zero-order chi connectivity index (χ0) is 14.9.